The van der Waals surface area contributed by atoms with Gasteiger partial charge in [0.2, 0.25) is 0 Å². The Morgan fingerprint density at radius 1 is 0.880 bits per heavy atom. The summed E-state index contributed by atoms with van der Waals surface area (Å²) in [5, 5.41) is 4.54. The summed E-state index contributed by atoms with van der Waals surface area (Å²) in [6.45, 7) is 4.23. The van der Waals surface area contributed by atoms with Crippen LogP contribution >= 0.6 is 23.7 Å². The molecule has 0 saturated heterocycles. The van der Waals surface area contributed by atoms with Crippen LogP contribution in [0.3, 0.4) is 0 Å². The molecule has 0 saturated carbocycles. The van der Waals surface area contributed by atoms with Gasteiger partial charge in [-0.3, -0.25) is 0 Å². The van der Waals surface area contributed by atoms with Gasteiger partial charge in [0, 0.05) is 16.1 Å². The molecule has 126 valence electrons. The van der Waals surface area contributed by atoms with Crippen molar-refractivity contribution < 1.29 is 0 Å². The smallest absolute Gasteiger partial charge is 0.143 e. The lowest BCUT2D eigenvalue weighted by Gasteiger charge is -2.09. The molecule has 0 radical (unpaired) electrons. The third-order valence-electron chi connectivity index (χ3n) is 4.04. The summed E-state index contributed by atoms with van der Waals surface area (Å²) in [7, 11) is 0. The number of fused-ring (bicyclic) bond motifs is 1. The first-order valence-corrected chi connectivity index (χ1v) is 8.67. The zero-order chi connectivity index (χ0) is 16.5. The number of anilines is 2. The number of hydrogen-bond acceptors (Lipinski definition) is 4. The van der Waals surface area contributed by atoms with Crippen molar-refractivity contribution in [3.63, 3.8) is 0 Å². The highest BCUT2D eigenvalue weighted by molar-refractivity contribution is 7.19. The lowest BCUT2D eigenvalue weighted by atomic mass is 10.0. The average molecular weight is 368 g/mol. The van der Waals surface area contributed by atoms with E-state index in [0.717, 1.165) is 21.7 Å². The lowest BCUT2D eigenvalue weighted by molar-refractivity contribution is 1.23. The van der Waals surface area contributed by atoms with E-state index in [4.69, 9.17) is 0 Å². The molecule has 25 heavy (non-hydrogen) atoms. The van der Waals surface area contributed by atoms with Gasteiger partial charge in [0.1, 0.15) is 17.0 Å². The summed E-state index contributed by atoms with van der Waals surface area (Å²) in [6, 6.07) is 18.8. The SMILES string of the molecule is Cc1ccc(Nc2ncnc3sc(C)c(-c4ccccc4)c23)cc1.Cl. The van der Waals surface area contributed by atoms with Gasteiger partial charge in [-0.15, -0.1) is 23.7 Å². The fraction of sp³-hybridized carbons (Fsp3) is 0.100. The van der Waals surface area contributed by atoms with Crippen molar-refractivity contribution in [1.82, 2.24) is 9.97 Å². The van der Waals surface area contributed by atoms with Gasteiger partial charge in [-0.25, -0.2) is 9.97 Å². The summed E-state index contributed by atoms with van der Waals surface area (Å²) in [5.74, 6) is 0.854. The molecular formula is C20H18ClN3S. The number of hydrogen-bond donors (Lipinski definition) is 1. The molecule has 3 nitrogen and oxygen atoms in total. The van der Waals surface area contributed by atoms with Crippen LogP contribution in [0.4, 0.5) is 11.5 Å². The summed E-state index contributed by atoms with van der Waals surface area (Å²) in [4.78, 5) is 11.2. The zero-order valence-electron chi connectivity index (χ0n) is 14.0. The van der Waals surface area contributed by atoms with E-state index in [-0.39, 0.29) is 12.4 Å². The summed E-state index contributed by atoms with van der Waals surface area (Å²) in [6.07, 6.45) is 1.63. The van der Waals surface area contributed by atoms with Crippen LogP contribution in [-0.4, -0.2) is 9.97 Å². The van der Waals surface area contributed by atoms with Crippen molar-refractivity contribution in [2.75, 3.05) is 5.32 Å². The number of aromatic nitrogens is 2. The van der Waals surface area contributed by atoms with Crippen molar-refractivity contribution in [2.45, 2.75) is 13.8 Å². The molecule has 0 aliphatic carbocycles. The van der Waals surface area contributed by atoms with Gasteiger partial charge < -0.3 is 5.32 Å². The monoisotopic (exact) mass is 367 g/mol. The van der Waals surface area contributed by atoms with Crippen LogP contribution in [0.15, 0.2) is 60.9 Å². The third kappa shape index (κ3) is 3.36. The van der Waals surface area contributed by atoms with Crippen LogP contribution in [0.1, 0.15) is 10.4 Å². The van der Waals surface area contributed by atoms with Gasteiger partial charge in [-0.05, 0) is 31.5 Å². The van der Waals surface area contributed by atoms with Crippen LogP contribution < -0.4 is 5.32 Å². The van der Waals surface area contributed by atoms with Gasteiger partial charge in [0.15, 0.2) is 0 Å². The minimum Gasteiger partial charge on any atom is -0.340 e. The molecule has 1 N–H and O–H groups in total. The lowest BCUT2D eigenvalue weighted by Crippen LogP contribution is -1.95. The maximum absolute atomic E-state index is 4.51. The molecule has 0 fully saturated rings. The van der Waals surface area contributed by atoms with Crippen LogP contribution in [0, 0.1) is 13.8 Å². The summed E-state index contributed by atoms with van der Waals surface area (Å²) >= 11 is 1.71. The highest BCUT2D eigenvalue weighted by Gasteiger charge is 2.16. The fourth-order valence-electron chi connectivity index (χ4n) is 2.87. The van der Waals surface area contributed by atoms with E-state index >= 15 is 0 Å². The number of rotatable bonds is 3. The zero-order valence-corrected chi connectivity index (χ0v) is 15.6. The molecule has 2 aromatic carbocycles. The predicted octanol–water partition coefficient (Wildman–Crippen LogP) is 6.14. The van der Waals surface area contributed by atoms with Crippen molar-refractivity contribution in [1.29, 1.82) is 0 Å². The number of thiophene rings is 1. The largest absolute Gasteiger partial charge is 0.340 e. The molecule has 4 rings (SSSR count). The van der Waals surface area contributed by atoms with E-state index in [1.807, 2.05) is 6.07 Å². The quantitative estimate of drug-likeness (QED) is 0.472. The van der Waals surface area contributed by atoms with Gasteiger partial charge in [-0.2, -0.15) is 0 Å². The minimum absolute atomic E-state index is 0. The van der Waals surface area contributed by atoms with E-state index in [1.54, 1.807) is 17.7 Å². The summed E-state index contributed by atoms with van der Waals surface area (Å²) < 4.78 is 0. The Hall–Kier alpha value is -2.43. The number of nitrogens with zero attached hydrogens (tertiary/aromatic N) is 2. The second-order valence-electron chi connectivity index (χ2n) is 5.79. The highest BCUT2D eigenvalue weighted by atomic mass is 35.5. The number of halogens is 1. The van der Waals surface area contributed by atoms with Crippen LogP contribution in [0.5, 0.6) is 0 Å². The third-order valence-corrected chi connectivity index (χ3v) is 5.05. The fourth-order valence-corrected chi connectivity index (χ4v) is 3.88. The molecule has 0 bridgehead atoms. The standard InChI is InChI=1S/C20H17N3S.ClH/c1-13-8-10-16(11-9-13)23-19-18-17(15-6-4-3-5-7-15)14(2)24-20(18)22-12-21-19;/h3-12H,1-2H3,(H,21,22,23);1H. The Morgan fingerprint density at radius 2 is 1.60 bits per heavy atom. The summed E-state index contributed by atoms with van der Waals surface area (Å²) in [5.41, 5.74) is 4.68. The molecule has 0 aliphatic heterocycles. The van der Waals surface area contributed by atoms with Crippen molar-refractivity contribution in [3.05, 3.63) is 71.4 Å². The Balaban J connectivity index is 0.00000182. The normalized spacial score (nSPS) is 10.5. The molecule has 0 unspecified atom stereocenters. The molecule has 0 atom stereocenters. The average Bonchev–Trinajstić information content (AvgIpc) is 2.94. The van der Waals surface area contributed by atoms with Crippen LogP contribution in [-0.2, 0) is 0 Å². The number of benzene rings is 2. The molecule has 0 amide bonds. The van der Waals surface area contributed by atoms with E-state index in [0.29, 0.717) is 0 Å². The molecule has 2 aromatic heterocycles. The molecule has 4 aromatic rings. The van der Waals surface area contributed by atoms with E-state index in [9.17, 15) is 0 Å². The highest BCUT2D eigenvalue weighted by Crippen LogP contribution is 2.40. The molecule has 2 heterocycles. The first-order valence-electron chi connectivity index (χ1n) is 7.85. The molecule has 0 aliphatic rings. The van der Waals surface area contributed by atoms with Gasteiger partial charge in [0.25, 0.3) is 0 Å². The van der Waals surface area contributed by atoms with Gasteiger partial charge >= 0.3 is 0 Å². The first kappa shape index (κ1) is 17.4. The van der Waals surface area contributed by atoms with Crippen LogP contribution in [0.25, 0.3) is 21.3 Å². The molecule has 0 spiro atoms. The van der Waals surface area contributed by atoms with E-state index in [2.05, 4.69) is 77.7 Å². The maximum Gasteiger partial charge on any atom is 0.143 e. The second-order valence-corrected chi connectivity index (χ2v) is 7.00. The Morgan fingerprint density at radius 3 is 2.32 bits per heavy atom. The van der Waals surface area contributed by atoms with Gasteiger partial charge in [-0.1, -0.05) is 48.0 Å². The Kier molecular flexibility index (Phi) is 5.02. The number of aryl methyl sites for hydroxylation is 2. The Labute approximate surface area is 157 Å². The maximum atomic E-state index is 4.51. The van der Waals surface area contributed by atoms with Crippen molar-refractivity contribution >= 4 is 45.5 Å². The first-order chi connectivity index (χ1) is 11.7. The molecule has 5 heteroatoms. The molecular weight excluding hydrogens is 350 g/mol. The van der Waals surface area contributed by atoms with E-state index in [1.165, 1.54) is 21.6 Å². The minimum atomic E-state index is 0. The van der Waals surface area contributed by atoms with Gasteiger partial charge in [0.05, 0.1) is 5.39 Å². The second kappa shape index (κ2) is 7.21. The van der Waals surface area contributed by atoms with Crippen molar-refractivity contribution in [2.24, 2.45) is 0 Å². The van der Waals surface area contributed by atoms with E-state index < -0.39 is 0 Å². The van der Waals surface area contributed by atoms with Crippen LogP contribution in [0.2, 0.25) is 0 Å². The Bertz CT molecular complexity index is 995. The van der Waals surface area contributed by atoms with Crippen molar-refractivity contribution in [3.8, 4) is 11.1 Å². The topological polar surface area (TPSA) is 37.8 Å². The predicted molar refractivity (Wildman–Crippen MR) is 109 cm³/mol. The number of nitrogens with one attached hydrogen (secondary N) is 1.